The van der Waals surface area contributed by atoms with Crippen molar-refractivity contribution in [2.75, 3.05) is 0 Å². The van der Waals surface area contributed by atoms with Crippen LogP contribution in [0.5, 0.6) is 0 Å². The van der Waals surface area contributed by atoms with Crippen LogP contribution < -0.4 is 0 Å². The third-order valence-corrected chi connectivity index (χ3v) is 3.57. The molecule has 0 amide bonds. The molecule has 1 aliphatic heterocycles. The summed E-state index contributed by atoms with van der Waals surface area (Å²) in [6.45, 7) is 4.05. The second-order valence-corrected chi connectivity index (χ2v) is 5.43. The predicted molar refractivity (Wildman–Crippen MR) is 77.4 cm³/mol. The van der Waals surface area contributed by atoms with Gasteiger partial charge in [-0.1, -0.05) is 39.5 Å². The molecule has 1 rings (SSSR count). The number of cyclic esters (lactones) is 1. The SMILES string of the molecule is CCCCCCC[C@@H]1CC(=O)/C(=C(\O)CCC)C(=O)O1. The van der Waals surface area contributed by atoms with Gasteiger partial charge < -0.3 is 9.84 Å². The van der Waals surface area contributed by atoms with Crippen LogP contribution in [0.25, 0.3) is 0 Å². The van der Waals surface area contributed by atoms with E-state index in [1.54, 1.807) is 0 Å². The molecule has 1 N–H and O–H groups in total. The molecule has 0 aromatic rings. The highest BCUT2D eigenvalue weighted by atomic mass is 16.5. The Balaban J connectivity index is 2.46. The van der Waals surface area contributed by atoms with Gasteiger partial charge in [-0.25, -0.2) is 4.79 Å². The number of carbonyl (C=O) groups excluding carboxylic acids is 2. The van der Waals surface area contributed by atoms with Crippen LogP contribution in [-0.2, 0) is 14.3 Å². The second kappa shape index (κ2) is 8.77. The number of rotatable bonds is 8. The Morgan fingerprint density at radius 1 is 1.15 bits per heavy atom. The molecule has 1 fully saturated rings. The van der Waals surface area contributed by atoms with Gasteiger partial charge in [-0.3, -0.25) is 4.79 Å². The first-order chi connectivity index (χ1) is 9.60. The van der Waals surface area contributed by atoms with Crippen molar-refractivity contribution in [2.45, 2.75) is 77.7 Å². The molecule has 0 radical (unpaired) electrons. The molecule has 1 saturated heterocycles. The van der Waals surface area contributed by atoms with Gasteiger partial charge in [0.2, 0.25) is 0 Å². The van der Waals surface area contributed by atoms with Crippen LogP contribution in [-0.4, -0.2) is 23.0 Å². The minimum Gasteiger partial charge on any atom is -0.511 e. The smallest absolute Gasteiger partial charge is 0.345 e. The zero-order valence-electron chi connectivity index (χ0n) is 12.6. The van der Waals surface area contributed by atoms with Crippen molar-refractivity contribution in [2.24, 2.45) is 0 Å². The molecule has 4 heteroatoms. The number of hydrogen-bond acceptors (Lipinski definition) is 4. The summed E-state index contributed by atoms with van der Waals surface area (Å²) in [7, 11) is 0. The summed E-state index contributed by atoms with van der Waals surface area (Å²) in [6.07, 6.45) is 7.37. The van der Waals surface area contributed by atoms with Crippen LogP contribution in [0.4, 0.5) is 0 Å². The first-order valence-electron chi connectivity index (χ1n) is 7.76. The van der Waals surface area contributed by atoms with Gasteiger partial charge in [-0.2, -0.15) is 0 Å². The van der Waals surface area contributed by atoms with E-state index in [2.05, 4.69) is 6.92 Å². The standard InChI is InChI=1S/C16H26O4/c1-3-5-6-7-8-10-12-11-14(18)15(16(19)20-12)13(17)9-4-2/h12,17H,3-11H2,1-2H3/b15-13+/t12-/m1/s1. The third-order valence-electron chi connectivity index (χ3n) is 3.57. The molecule has 0 spiro atoms. The fourth-order valence-corrected chi connectivity index (χ4v) is 2.45. The van der Waals surface area contributed by atoms with Gasteiger partial charge in [0, 0.05) is 12.8 Å². The lowest BCUT2D eigenvalue weighted by molar-refractivity contribution is -0.151. The maximum absolute atomic E-state index is 11.9. The Kier molecular flexibility index (Phi) is 7.34. The molecule has 0 aliphatic carbocycles. The Hall–Kier alpha value is -1.32. The largest absolute Gasteiger partial charge is 0.511 e. The number of allylic oxidation sites excluding steroid dienone is 1. The van der Waals surface area contributed by atoms with Crippen LogP contribution >= 0.6 is 0 Å². The quantitative estimate of drug-likeness (QED) is 0.241. The number of unbranched alkanes of at least 4 members (excludes halogenated alkanes) is 4. The van der Waals surface area contributed by atoms with E-state index in [0.29, 0.717) is 12.8 Å². The molecule has 1 aliphatic rings. The number of ether oxygens (including phenoxy) is 1. The minimum atomic E-state index is -0.647. The molecule has 114 valence electrons. The average molecular weight is 282 g/mol. The fraction of sp³-hybridized carbons (Fsp3) is 0.750. The van der Waals surface area contributed by atoms with Gasteiger partial charge in [0.25, 0.3) is 0 Å². The first kappa shape index (κ1) is 16.7. The molecule has 1 heterocycles. The monoisotopic (exact) mass is 282 g/mol. The van der Waals surface area contributed by atoms with E-state index >= 15 is 0 Å². The molecule has 0 aromatic carbocycles. The van der Waals surface area contributed by atoms with Crippen LogP contribution in [0.1, 0.15) is 71.6 Å². The molecule has 0 bridgehead atoms. The van der Waals surface area contributed by atoms with E-state index in [9.17, 15) is 14.7 Å². The van der Waals surface area contributed by atoms with Gasteiger partial charge in [0.15, 0.2) is 5.78 Å². The van der Waals surface area contributed by atoms with E-state index in [1.165, 1.54) is 19.3 Å². The molecule has 0 aromatic heterocycles. The molecule has 0 saturated carbocycles. The van der Waals surface area contributed by atoms with E-state index in [1.807, 2.05) is 6.92 Å². The summed E-state index contributed by atoms with van der Waals surface area (Å²) in [5.74, 6) is -1.04. The summed E-state index contributed by atoms with van der Waals surface area (Å²) < 4.78 is 5.27. The fourth-order valence-electron chi connectivity index (χ4n) is 2.45. The number of esters is 1. The normalized spacial score (nSPS) is 21.8. The van der Waals surface area contributed by atoms with E-state index < -0.39 is 5.97 Å². The van der Waals surface area contributed by atoms with Crippen molar-refractivity contribution in [3.8, 4) is 0 Å². The number of aliphatic hydroxyl groups is 1. The molecule has 1 atom stereocenters. The zero-order chi connectivity index (χ0) is 15.0. The Morgan fingerprint density at radius 3 is 2.45 bits per heavy atom. The summed E-state index contributed by atoms with van der Waals surface area (Å²) >= 11 is 0. The summed E-state index contributed by atoms with van der Waals surface area (Å²) in [5, 5.41) is 9.73. The van der Waals surface area contributed by atoms with Crippen molar-refractivity contribution in [1.29, 1.82) is 0 Å². The summed E-state index contributed by atoms with van der Waals surface area (Å²) in [6, 6.07) is 0. The summed E-state index contributed by atoms with van der Waals surface area (Å²) in [5.41, 5.74) is -0.130. The van der Waals surface area contributed by atoms with E-state index in [-0.39, 0.29) is 29.6 Å². The highest BCUT2D eigenvalue weighted by molar-refractivity contribution is 6.19. The van der Waals surface area contributed by atoms with Crippen LogP contribution in [0.15, 0.2) is 11.3 Å². The maximum atomic E-state index is 11.9. The van der Waals surface area contributed by atoms with Crippen LogP contribution in [0.3, 0.4) is 0 Å². The van der Waals surface area contributed by atoms with Gasteiger partial charge in [0.05, 0.1) is 0 Å². The Labute approximate surface area is 121 Å². The van der Waals surface area contributed by atoms with Crippen molar-refractivity contribution >= 4 is 11.8 Å². The number of Topliss-reactive ketones (excluding diaryl/α,β-unsaturated/α-hetero) is 1. The number of ketones is 1. The van der Waals surface area contributed by atoms with Gasteiger partial charge >= 0.3 is 5.97 Å². The minimum absolute atomic E-state index is 0.121. The molecular weight excluding hydrogens is 256 g/mol. The second-order valence-electron chi connectivity index (χ2n) is 5.43. The first-order valence-corrected chi connectivity index (χ1v) is 7.76. The topological polar surface area (TPSA) is 63.6 Å². The highest BCUT2D eigenvalue weighted by Gasteiger charge is 2.34. The van der Waals surface area contributed by atoms with Crippen LogP contribution in [0.2, 0.25) is 0 Å². The van der Waals surface area contributed by atoms with E-state index in [0.717, 1.165) is 19.3 Å². The number of hydrogen-bond donors (Lipinski definition) is 1. The number of aliphatic hydroxyl groups excluding tert-OH is 1. The van der Waals surface area contributed by atoms with Gasteiger partial charge in [0.1, 0.15) is 17.4 Å². The molecular formula is C16H26O4. The average Bonchev–Trinajstić information content (AvgIpc) is 2.38. The van der Waals surface area contributed by atoms with Crippen molar-refractivity contribution in [3.63, 3.8) is 0 Å². The predicted octanol–water partition coefficient (Wildman–Crippen LogP) is 3.84. The molecule has 0 unspecified atom stereocenters. The zero-order valence-corrected chi connectivity index (χ0v) is 12.6. The van der Waals surface area contributed by atoms with Crippen molar-refractivity contribution in [1.82, 2.24) is 0 Å². The van der Waals surface area contributed by atoms with Gasteiger partial charge in [-0.05, 0) is 19.3 Å². The lowest BCUT2D eigenvalue weighted by Crippen LogP contribution is -2.33. The third kappa shape index (κ3) is 4.99. The molecule has 4 nitrogen and oxygen atoms in total. The van der Waals surface area contributed by atoms with Crippen molar-refractivity contribution in [3.05, 3.63) is 11.3 Å². The van der Waals surface area contributed by atoms with Crippen LogP contribution in [0, 0.1) is 0 Å². The Morgan fingerprint density at radius 2 is 1.85 bits per heavy atom. The highest BCUT2D eigenvalue weighted by Crippen LogP contribution is 2.24. The lowest BCUT2D eigenvalue weighted by Gasteiger charge is -2.23. The van der Waals surface area contributed by atoms with Crippen molar-refractivity contribution < 1.29 is 19.4 Å². The molecule has 20 heavy (non-hydrogen) atoms. The van der Waals surface area contributed by atoms with Gasteiger partial charge in [-0.15, -0.1) is 0 Å². The van der Waals surface area contributed by atoms with E-state index in [4.69, 9.17) is 4.74 Å². The lowest BCUT2D eigenvalue weighted by atomic mass is 9.96. The summed E-state index contributed by atoms with van der Waals surface area (Å²) in [4.78, 5) is 23.8. The maximum Gasteiger partial charge on any atom is 0.345 e. The number of carbonyl (C=O) groups is 2. The Bertz CT molecular complexity index is 351.